The smallest absolute Gasteiger partial charge is 0.214 e. The van der Waals surface area contributed by atoms with Crippen LogP contribution in [0.25, 0.3) is 0 Å². The second-order valence-corrected chi connectivity index (χ2v) is 4.05. The predicted molar refractivity (Wildman–Crippen MR) is 63.6 cm³/mol. The Labute approximate surface area is 95.1 Å². The van der Waals surface area contributed by atoms with Gasteiger partial charge in [-0.3, -0.25) is 4.79 Å². The number of ketones is 1. The summed E-state index contributed by atoms with van der Waals surface area (Å²) in [6.07, 6.45) is 1.42. The van der Waals surface area contributed by atoms with E-state index in [-0.39, 0.29) is 5.78 Å². The first-order valence-corrected chi connectivity index (χ1v) is 5.33. The second kappa shape index (κ2) is 4.49. The summed E-state index contributed by atoms with van der Waals surface area (Å²) in [4.78, 5) is 11.9. The van der Waals surface area contributed by atoms with Gasteiger partial charge in [-0.05, 0) is 26.0 Å². The monoisotopic (exact) mass is 217 g/mol. The molecule has 0 aliphatic carbocycles. The fourth-order valence-corrected chi connectivity index (χ4v) is 1.60. The van der Waals surface area contributed by atoms with Crippen LogP contribution in [0, 0.1) is 0 Å². The normalized spacial score (nSPS) is 17.9. The Hall–Kier alpha value is -1.61. The summed E-state index contributed by atoms with van der Waals surface area (Å²) in [5.41, 5.74) is 2.75. The third kappa shape index (κ3) is 2.14. The first-order chi connectivity index (χ1) is 7.68. The van der Waals surface area contributed by atoms with Crippen molar-refractivity contribution in [1.82, 2.24) is 0 Å². The number of nitrogens with one attached hydrogen (secondary N) is 1. The van der Waals surface area contributed by atoms with Gasteiger partial charge in [0, 0.05) is 11.3 Å². The summed E-state index contributed by atoms with van der Waals surface area (Å²) in [5.74, 6) is 0.0118. The molecule has 1 unspecified atom stereocenters. The van der Waals surface area contributed by atoms with Crippen molar-refractivity contribution in [2.45, 2.75) is 20.1 Å². The molecule has 16 heavy (non-hydrogen) atoms. The van der Waals surface area contributed by atoms with Crippen molar-refractivity contribution >= 4 is 11.5 Å². The molecule has 2 rings (SSSR count). The van der Waals surface area contributed by atoms with Crippen molar-refractivity contribution in [3.8, 4) is 0 Å². The van der Waals surface area contributed by atoms with Gasteiger partial charge in [0.15, 0.2) is 6.23 Å². The molecule has 1 heterocycles. The first-order valence-electron chi connectivity index (χ1n) is 5.33. The van der Waals surface area contributed by atoms with Gasteiger partial charge in [-0.25, -0.2) is 0 Å². The zero-order valence-electron chi connectivity index (χ0n) is 9.49. The van der Waals surface area contributed by atoms with Crippen molar-refractivity contribution in [3.05, 3.63) is 41.5 Å². The molecule has 0 spiro atoms. The molecule has 0 fully saturated rings. The van der Waals surface area contributed by atoms with Crippen LogP contribution in [0.3, 0.4) is 0 Å². The number of hydrogen-bond acceptors (Lipinski definition) is 3. The van der Waals surface area contributed by atoms with Gasteiger partial charge in [0.2, 0.25) is 5.78 Å². The first kappa shape index (κ1) is 10.9. The van der Waals surface area contributed by atoms with Gasteiger partial charge in [0.25, 0.3) is 0 Å². The maximum Gasteiger partial charge on any atom is 0.214 e. The molecule has 1 aromatic carbocycles. The van der Waals surface area contributed by atoms with E-state index in [2.05, 4.69) is 5.32 Å². The van der Waals surface area contributed by atoms with E-state index >= 15 is 0 Å². The van der Waals surface area contributed by atoms with Gasteiger partial charge in [-0.1, -0.05) is 23.8 Å². The molecule has 1 aliphatic heterocycles. The van der Waals surface area contributed by atoms with E-state index < -0.39 is 6.23 Å². The van der Waals surface area contributed by atoms with Crippen LogP contribution in [0.2, 0.25) is 0 Å². The van der Waals surface area contributed by atoms with Gasteiger partial charge in [-0.15, -0.1) is 0 Å². The maximum atomic E-state index is 11.9. The zero-order chi connectivity index (χ0) is 11.5. The average molecular weight is 217 g/mol. The van der Waals surface area contributed by atoms with Crippen molar-refractivity contribution < 1.29 is 9.53 Å². The molecular formula is C13H15NO2. The number of hydrogen-bond donors (Lipinski definition) is 1. The topological polar surface area (TPSA) is 38.3 Å². The van der Waals surface area contributed by atoms with Crippen LogP contribution < -0.4 is 5.32 Å². The predicted octanol–water partition coefficient (Wildman–Crippen LogP) is 2.60. The lowest BCUT2D eigenvalue weighted by Crippen LogP contribution is -2.25. The molecule has 3 nitrogen and oxygen atoms in total. The van der Waals surface area contributed by atoms with Crippen LogP contribution in [0.15, 0.2) is 35.9 Å². The second-order valence-electron chi connectivity index (χ2n) is 4.05. The Morgan fingerprint density at radius 1 is 1.44 bits per heavy atom. The number of ether oxygens (including phenoxy) is 1. The van der Waals surface area contributed by atoms with Gasteiger partial charge >= 0.3 is 0 Å². The van der Waals surface area contributed by atoms with Crippen LogP contribution in [0.4, 0.5) is 5.69 Å². The minimum absolute atomic E-state index is 0.0118. The van der Waals surface area contributed by atoms with Crippen LogP contribution in [-0.4, -0.2) is 18.6 Å². The lowest BCUT2D eigenvalue weighted by Gasteiger charge is -2.09. The molecule has 0 amide bonds. The maximum absolute atomic E-state index is 11.9. The highest BCUT2D eigenvalue weighted by molar-refractivity contribution is 6.09. The highest BCUT2D eigenvalue weighted by Gasteiger charge is 2.29. The SMILES string of the molecule is CC(C)=CCOC1Nc2ccccc2C1=O. The lowest BCUT2D eigenvalue weighted by atomic mass is 10.1. The molecule has 0 saturated heterocycles. The average Bonchev–Trinajstić information content (AvgIpc) is 2.56. The molecule has 0 bridgehead atoms. The quantitative estimate of drug-likeness (QED) is 0.791. The van der Waals surface area contributed by atoms with Gasteiger partial charge in [0.05, 0.1) is 6.61 Å². The van der Waals surface area contributed by atoms with Gasteiger partial charge in [0.1, 0.15) is 0 Å². The van der Waals surface area contributed by atoms with Crippen LogP contribution >= 0.6 is 0 Å². The minimum Gasteiger partial charge on any atom is -0.353 e. The molecular weight excluding hydrogens is 202 g/mol. The molecule has 0 saturated carbocycles. The number of carbonyl (C=O) groups is 1. The summed E-state index contributed by atoms with van der Waals surface area (Å²) >= 11 is 0. The molecule has 1 aromatic rings. The summed E-state index contributed by atoms with van der Waals surface area (Å²) in [6, 6.07) is 7.46. The molecule has 3 heteroatoms. The Balaban J connectivity index is 2.02. The van der Waals surface area contributed by atoms with E-state index in [1.807, 2.05) is 44.2 Å². The van der Waals surface area contributed by atoms with Crippen molar-refractivity contribution in [3.63, 3.8) is 0 Å². The van der Waals surface area contributed by atoms with Crippen molar-refractivity contribution in [2.24, 2.45) is 0 Å². The summed E-state index contributed by atoms with van der Waals surface area (Å²) in [7, 11) is 0. The number of fused-ring (bicyclic) bond motifs is 1. The van der Waals surface area contributed by atoms with Crippen molar-refractivity contribution in [2.75, 3.05) is 11.9 Å². The highest BCUT2D eigenvalue weighted by Crippen LogP contribution is 2.25. The Bertz CT molecular complexity index is 433. The highest BCUT2D eigenvalue weighted by atomic mass is 16.5. The lowest BCUT2D eigenvalue weighted by molar-refractivity contribution is 0.0619. The third-order valence-electron chi connectivity index (χ3n) is 2.47. The number of rotatable bonds is 3. The fraction of sp³-hybridized carbons (Fsp3) is 0.308. The summed E-state index contributed by atoms with van der Waals surface area (Å²) in [6.45, 7) is 4.46. The molecule has 1 aliphatic rings. The van der Waals surface area contributed by atoms with E-state index in [0.29, 0.717) is 12.2 Å². The standard InChI is InChI=1S/C13H15NO2/c1-9(2)7-8-16-13-12(15)10-5-3-4-6-11(10)14-13/h3-7,13-14H,8H2,1-2H3. The van der Waals surface area contributed by atoms with E-state index in [4.69, 9.17) is 4.74 Å². The molecule has 1 N–H and O–H groups in total. The number of benzene rings is 1. The number of carbonyl (C=O) groups excluding carboxylic acids is 1. The van der Waals surface area contributed by atoms with E-state index in [1.165, 1.54) is 5.57 Å². The molecule has 0 aromatic heterocycles. The summed E-state index contributed by atoms with van der Waals surface area (Å²) in [5, 5.41) is 3.06. The molecule has 1 atom stereocenters. The Kier molecular flexibility index (Phi) is 3.06. The van der Waals surface area contributed by atoms with E-state index in [0.717, 1.165) is 5.69 Å². The number of allylic oxidation sites excluding steroid dienone is 1. The Morgan fingerprint density at radius 2 is 2.19 bits per heavy atom. The number of para-hydroxylation sites is 1. The fourth-order valence-electron chi connectivity index (χ4n) is 1.60. The zero-order valence-corrected chi connectivity index (χ0v) is 9.49. The molecule has 0 radical (unpaired) electrons. The van der Waals surface area contributed by atoms with Gasteiger partial charge in [-0.2, -0.15) is 0 Å². The van der Waals surface area contributed by atoms with E-state index in [1.54, 1.807) is 0 Å². The van der Waals surface area contributed by atoms with Gasteiger partial charge < -0.3 is 10.1 Å². The molecule has 84 valence electrons. The third-order valence-corrected chi connectivity index (χ3v) is 2.47. The largest absolute Gasteiger partial charge is 0.353 e. The van der Waals surface area contributed by atoms with Crippen LogP contribution in [-0.2, 0) is 4.74 Å². The van der Waals surface area contributed by atoms with Crippen LogP contribution in [0.1, 0.15) is 24.2 Å². The number of Topliss-reactive ketones (excluding diaryl/α,β-unsaturated/α-hetero) is 1. The minimum atomic E-state index is -0.534. The summed E-state index contributed by atoms with van der Waals surface area (Å²) < 4.78 is 5.47. The number of anilines is 1. The van der Waals surface area contributed by atoms with E-state index in [9.17, 15) is 4.79 Å². The van der Waals surface area contributed by atoms with Crippen LogP contribution in [0.5, 0.6) is 0 Å². The van der Waals surface area contributed by atoms with Crippen molar-refractivity contribution in [1.29, 1.82) is 0 Å². The Morgan fingerprint density at radius 3 is 2.88 bits per heavy atom.